The summed E-state index contributed by atoms with van der Waals surface area (Å²) in [7, 11) is 0. The number of amides is 1. The molecule has 0 saturated heterocycles. The highest BCUT2D eigenvalue weighted by molar-refractivity contribution is 5.75. The summed E-state index contributed by atoms with van der Waals surface area (Å²) in [6.45, 7) is 23.5. The molecule has 0 aliphatic heterocycles. The largest absolute Gasteiger partial charge is 0.379 e. The quantitative estimate of drug-likeness (QED) is 0.111. The highest BCUT2D eigenvalue weighted by Gasteiger charge is 2.10. The van der Waals surface area contributed by atoms with Gasteiger partial charge in [0.05, 0.1) is 112 Å². The standard InChI is InChI=1S/C32H65NO10/c1-31(2,3)9-7-11-33-30(34)8-12-35-14-16-37-18-20-39-22-24-41-26-28-43-29-27-42-25-23-40-21-19-38-17-15-36-13-10-32(4,5)6/h7-29H2,1-6H3,(H,33,34). The minimum Gasteiger partial charge on any atom is -0.379 e. The second-order valence-electron chi connectivity index (χ2n) is 12.6. The molecule has 1 amide bonds. The van der Waals surface area contributed by atoms with Crippen LogP contribution >= 0.6 is 0 Å². The van der Waals surface area contributed by atoms with E-state index in [1.54, 1.807) is 0 Å². The number of carbonyl (C=O) groups is 1. The summed E-state index contributed by atoms with van der Waals surface area (Å²) in [6.07, 6.45) is 3.51. The van der Waals surface area contributed by atoms with Crippen LogP contribution in [0.15, 0.2) is 0 Å². The van der Waals surface area contributed by atoms with Crippen LogP contribution in [0.25, 0.3) is 0 Å². The molecule has 0 aromatic rings. The molecule has 0 atom stereocenters. The molecule has 11 heteroatoms. The van der Waals surface area contributed by atoms with Crippen LogP contribution in [0, 0.1) is 10.8 Å². The Labute approximate surface area is 262 Å². The second kappa shape index (κ2) is 29.8. The maximum Gasteiger partial charge on any atom is 0.222 e. The lowest BCUT2D eigenvalue weighted by Crippen LogP contribution is -2.26. The molecule has 0 heterocycles. The van der Waals surface area contributed by atoms with Crippen LogP contribution in [0.1, 0.15) is 67.2 Å². The lowest BCUT2D eigenvalue weighted by atomic mass is 9.91. The van der Waals surface area contributed by atoms with E-state index in [1.165, 1.54) is 0 Å². The Morgan fingerprint density at radius 2 is 0.698 bits per heavy atom. The van der Waals surface area contributed by atoms with E-state index in [0.29, 0.717) is 130 Å². The van der Waals surface area contributed by atoms with Crippen molar-refractivity contribution in [2.45, 2.75) is 67.2 Å². The van der Waals surface area contributed by atoms with Crippen LogP contribution < -0.4 is 5.32 Å². The van der Waals surface area contributed by atoms with Gasteiger partial charge < -0.3 is 47.9 Å². The van der Waals surface area contributed by atoms with E-state index in [-0.39, 0.29) is 5.91 Å². The summed E-state index contributed by atoms with van der Waals surface area (Å²) < 4.78 is 49.3. The third-order valence-corrected chi connectivity index (χ3v) is 5.87. The normalized spacial score (nSPS) is 12.2. The molecule has 1 N–H and O–H groups in total. The van der Waals surface area contributed by atoms with Gasteiger partial charge in [0, 0.05) is 19.6 Å². The van der Waals surface area contributed by atoms with E-state index in [9.17, 15) is 4.79 Å². The van der Waals surface area contributed by atoms with Crippen molar-refractivity contribution in [1.82, 2.24) is 5.32 Å². The Balaban J connectivity index is 3.13. The smallest absolute Gasteiger partial charge is 0.222 e. The number of hydrogen-bond acceptors (Lipinski definition) is 10. The first kappa shape index (κ1) is 42.1. The van der Waals surface area contributed by atoms with E-state index in [0.717, 1.165) is 32.4 Å². The Hall–Kier alpha value is -0.890. The molecule has 0 saturated carbocycles. The summed E-state index contributed by atoms with van der Waals surface area (Å²) in [4.78, 5) is 11.8. The van der Waals surface area contributed by atoms with Crippen LogP contribution in [0.5, 0.6) is 0 Å². The first-order chi connectivity index (χ1) is 20.6. The van der Waals surface area contributed by atoms with E-state index in [1.807, 2.05) is 0 Å². The Bertz CT molecular complexity index is 596. The molecule has 0 spiro atoms. The van der Waals surface area contributed by atoms with Gasteiger partial charge in [-0.15, -0.1) is 0 Å². The first-order valence-electron chi connectivity index (χ1n) is 16.1. The summed E-state index contributed by atoms with van der Waals surface area (Å²) >= 11 is 0. The van der Waals surface area contributed by atoms with Crippen molar-refractivity contribution < 1.29 is 47.4 Å². The third kappa shape index (κ3) is 39.1. The van der Waals surface area contributed by atoms with Gasteiger partial charge in [0.25, 0.3) is 0 Å². The van der Waals surface area contributed by atoms with Gasteiger partial charge in [-0.3, -0.25) is 4.79 Å². The van der Waals surface area contributed by atoms with Gasteiger partial charge in [0.2, 0.25) is 5.91 Å². The van der Waals surface area contributed by atoms with Crippen molar-refractivity contribution in [3.63, 3.8) is 0 Å². The Morgan fingerprint density at radius 1 is 0.419 bits per heavy atom. The van der Waals surface area contributed by atoms with Gasteiger partial charge in [-0.1, -0.05) is 41.5 Å². The predicted molar refractivity (Wildman–Crippen MR) is 168 cm³/mol. The molecule has 11 nitrogen and oxygen atoms in total. The van der Waals surface area contributed by atoms with Gasteiger partial charge in [-0.25, -0.2) is 0 Å². The average Bonchev–Trinajstić information content (AvgIpc) is 2.93. The van der Waals surface area contributed by atoms with Crippen LogP contribution in [0.2, 0.25) is 0 Å². The van der Waals surface area contributed by atoms with E-state index >= 15 is 0 Å². The molecule has 43 heavy (non-hydrogen) atoms. The van der Waals surface area contributed by atoms with Crippen molar-refractivity contribution >= 4 is 5.91 Å². The molecule has 0 bridgehead atoms. The Kier molecular flexibility index (Phi) is 29.2. The number of rotatable bonds is 32. The number of hydrogen-bond donors (Lipinski definition) is 1. The van der Waals surface area contributed by atoms with Crippen LogP contribution in [-0.2, 0) is 47.4 Å². The van der Waals surface area contributed by atoms with Crippen molar-refractivity contribution in [2.24, 2.45) is 10.8 Å². The van der Waals surface area contributed by atoms with Crippen molar-refractivity contribution in [2.75, 3.05) is 125 Å². The molecular weight excluding hydrogens is 558 g/mol. The van der Waals surface area contributed by atoms with Gasteiger partial charge in [-0.2, -0.15) is 0 Å². The molecule has 0 fully saturated rings. The fraction of sp³-hybridized carbons (Fsp3) is 0.969. The highest BCUT2D eigenvalue weighted by atomic mass is 16.6. The number of ether oxygens (including phenoxy) is 9. The van der Waals surface area contributed by atoms with Crippen LogP contribution in [-0.4, -0.2) is 131 Å². The summed E-state index contributed by atoms with van der Waals surface area (Å²) in [5, 5.41) is 2.93. The maximum atomic E-state index is 11.8. The molecule has 0 aliphatic carbocycles. The molecule has 0 radical (unpaired) electrons. The monoisotopic (exact) mass is 623 g/mol. The molecular formula is C32H65NO10. The molecule has 0 aromatic heterocycles. The van der Waals surface area contributed by atoms with Crippen molar-refractivity contribution in [1.29, 1.82) is 0 Å². The number of carbonyl (C=O) groups excluding carboxylic acids is 1. The SMILES string of the molecule is CC(C)(C)CCCNC(=O)CCOCCOCCOCCOCCOCCOCCOCCOCCOCCC(C)(C)C. The van der Waals surface area contributed by atoms with Crippen molar-refractivity contribution in [3.8, 4) is 0 Å². The average molecular weight is 624 g/mol. The van der Waals surface area contributed by atoms with E-state index in [2.05, 4.69) is 46.9 Å². The molecule has 0 rings (SSSR count). The molecule has 0 aliphatic rings. The minimum atomic E-state index is 0.0324. The lowest BCUT2D eigenvalue weighted by molar-refractivity contribution is -0.122. The predicted octanol–water partition coefficient (Wildman–Crippen LogP) is 3.90. The van der Waals surface area contributed by atoms with Gasteiger partial charge in [-0.05, 0) is 30.1 Å². The van der Waals surface area contributed by atoms with E-state index in [4.69, 9.17) is 42.6 Å². The minimum absolute atomic E-state index is 0.0324. The summed E-state index contributed by atoms with van der Waals surface area (Å²) in [5.74, 6) is 0.0324. The van der Waals surface area contributed by atoms with Crippen molar-refractivity contribution in [3.05, 3.63) is 0 Å². The summed E-state index contributed by atoms with van der Waals surface area (Å²) in [5.41, 5.74) is 0.605. The fourth-order valence-electron chi connectivity index (χ4n) is 3.34. The zero-order valence-electron chi connectivity index (χ0n) is 28.3. The van der Waals surface area contributed by atoms with Crippen LogP contribution in [0.4, 0.5) is 0 Å². The molecule has 258 valence electrons. The van der Waals surface area contributed by atoms with Gasteiger partial charge in [0.1, 0.15) is 0 Å². The molecule has 0 aromatic carbocycles. The second-order valence-corrected chi connectivity index (χ2v) is 12.6. The topological polar surface area (TPSA) is 112 Å². The third-order valence-electron chi connectivity index (χ3n) is 5.87. The summed E-state index contributed by atoms with van der Waals surface area (Å²) in [6, 6.07) is 0. The fourth-order valence-corrected chi connectivity index (χ4v) is 3.34. The zero-order chi connectivity index (χ0) is 31.9. The maximum absolute atomic E-state index is 11.8. The Morgan fingerprint density at radius 3 is 1.00 bits per heavy atom. The van der Waals surface area contributed by atoms with Gasteiger partial charge >= 0.3 is 0 Å². The molecule has 0 unspecified atom stereocenters. The van der Waals surface area contributed by atoms with Crippen LogP contribution in [0.3, 0.4) is 0 Å². The van der Waals surface area contributed by atoms with E-state index < -0.39 is 0 Å². The number of nitrogens with one attached hydrogen (secondary N) is 1. The first-order valence-corrected chi connectivity index (χ1v) is 16.1. The lowest BCUT2D eigenvalue weighted by Gasteiger charge is -2.17. The van der Waals surface area contributed by atoms with Gasteiger partial charge in [0.15, 0.2) is 0 Å². The zero-order valence-corrected chi connectivity index (χ0v) is 28.3. The highest BCUT2D eigenvalue weighted by Crippen LogP contribution is 2.19.